The lowest BCUT2D eigenvalue weighted by molar-refractivity contribution is -0.0459. The molecule has 2 heteroatoms. The minimum Gasteiger partial charge on any atom is -0.380 e. The van der Waals surface area contributed by atoms with Crippen molar-refractivity contribution in [3.05, 3.63) is 11.6 Å². The standard InChI is InChI=1S/C31H55NO/c1-23(2)8-5-6-10-25-12-14-28-27-13-11-26-22-24(9-7-20-33-21-19-32)15-17-31(26,4)29(27)16-18-30(25,28)3/h11,23-25,27-29H,5-10,12-22,32H2,1-4H3. The topological polar surface area (TPSA) is 35.2 Å². The third-order valence-corrected chi connectivity index (χ3v) is 11.1. The number of ether oxygens (including phenoxy) is 1. The molecule has 0 saturated heterocycles. The Balaban J connectivity index is 1.34. The van der Waals surface area contributed by atoms with Crippen molar-refractivity contribution < 1.29 is 4.74 Å². The number of fused-ring (bicyclic) bond motifs is 5. The van der Waals surface area contributed by atoms with E-state index in [1.165, 1.54) is 89.9 Å². The van der Waals surface area contributed by atoms with Crippen molar-refractivity contribution in [3.8, 4) is 0 Å². The first-order valence-electron chi connectivity index (χ1n) is 14.9. The molecule has 0 aromatic carbocycles. The highest BCUT2D eigenvalue weighted by molar-refractivity contribution is 5.25. The van der Waals surface area contributed by atoms with Crippen LogP contribution in [0.15, 0.2) is 11.6 Å². The van der Waals surface area contributed by atoms with Crippen molar-refractivity contribution in [2.75, 3.05) is 19.8 Å². The summed E-state index contributed by atoms with van der Waals surface area (Å²) in [6.07, 6.45) is 22.9. The fourth-order valence-electron chi connectivity index (χ4n) is 9.17. The molecule has 0 spiro atoms. The Labute approximate surface area is 205 Å². The molecule has 33 heavy (non-hydrogen) atoms. The molecular weight excluding hydrogens is 402 g/mol. The van der Waals surface area contributed by atoms with E-state index in [4.69, 9.17) is 10.5 Å². The van der Waals surface area contributed by atoms with Gasteiger partial charge in [-0.05, 0) is 117 Å². The van der Waals surface area contributed by atoms with E-state index < -0.39 is 0 Å². The Kier molecular flexibility index (Phi) is 8.70. The van der Waals surface area contributed by atoms with Crippen LogP contribution in [-0.2, 0) is 4.74 Å². The van der Waals surface area contributed by atoms with Gasteiger partial charge in [0.25, 0.3) is 0 Å². The first kappa shape index (κ1) is 25.7. The van der Waals surface area contributed by atoms with Crippen LogP contribution in [0.2, 0.25) is 0 Å². The summed E-state index contributed by atoms with van der Waals surface area (Å²) in [6, 6.07) is 0. The van der Waals surface area contributed by atoms with Crippen LogP contribution in [0.1, 0.15) is 118 Å². The fraction of sp³-hybridized carbons (Fsp3) is 0.935. The lowest BCUT2D eigenvalue weighted by Gasteiger charge is -2.58. The van der Waals surface area contributed by atoms with E-state index >= 15 is 0 Å². The van der Waals surface area contributed by atoms with Gasteiger partial charge in [0, 0.05) is 13.2 Å². The molecule has 0 heterocycles. The lowest BCUT2D eigenvalue weighted by atomic mass is 9.47. The highest BCUT2D eigenvalue weighted by atomic mass is 16.5. The molecule has 3 fully saturated rings. The predicted octanol–water partition coefficient (Wildman–Crippen LogP) is 8.15. The monoisotopic (exact) mass is 457 g/mol. The van der Waals surface area contributed by atoms with Gasteiger partial charge in [-0.1, -0.05) is 58.6 Å². The van der Waals surface area contributed by atoms with Crippen LogP contribution in [0, 0.1) is 46.3 Å². The van der Waals surface area contributed by atoms with E-state index in [-0.39, 0.29) is 0 Å². The molecule has 2 N–H and O–H groups in total. The van der Waals surface area contributed by atoms with Gasteiger partial charge < -0.3 is 10.5 Å². The summed E-state index contributed by atoms with van der Waals surface area (Å²) in [7, 11) is 0. The molecule has 0 bridgehead atoms. The van der Waals surface area contributed by atoms with E-state index in [0.29, 0.717) is 17.4 Å². The van der Waals surface area contributed by atoms with Gasteiger partial charge in [0.15, 0.2) is 0 Å². The maximum Gasteiger partial charge on any atom is 0.0588 e. The largest absolute Gasteiger partial charge is 0.380 e. The van der Waals surface area contributed by atoms with Crippen LogP contribution in [0.5, 0.6) is 0 Å². The number of nitrogens with two attached hydrogens (primary N) is 1. The zero-order valence-corrected chi connectivity index (χ0v) is 22.5. The zero-order chi connectivity index (χ0) is 23.5. The van der Waals surface area contributed by atoms with Crippen molar-refractivity contribution in [2.45, 2.75) is 118 Å². The second-order valence-corrected chi connectivity index (χ2v) is 13.4. The average molecular weight is 458 g/mol. The third kappa shape index (κ3) is 5.42. The minimum absolute atomic E-state index is 0.506. The summed E-state index contributed by atoms with van der Waals surface area (Å²) in [5.41, 5.74) is 8.55. The van der Waals surface area contributed by atoms with E-state index in [0.717, 1.165) is 48.7 Å². The number of hydrogen-bond acceptors (Lipinski definition) is 2. The molecule has 0 aliphatic heterocycles. The molecule has 7 unspecified atom stereocenters. The molecule has 2 nitrogen and oxygen atoms in total. The summed E-state index contributed by atoms with van der Waals surface area (Å²) >= 11 is 0. The Morgan fingerprint density at radius 3 is 2.61 bits per heavy atom. The van der Waals surface area contributed by atoms with Gasteiger partial charge in [-0.25, -0.2) is 0 Å². The van der Waals surface area contributed by atoms with Gasteiger partial charge in [-0.15, -0.1) is 0 Å². The maximum atomic E-state index is 5.63. The van der Waals surface area contributed by atoms with Crippen LogP contribution in [-0.4, -0.2) is 19.8 Å². The average Bonchev–Trinajstić information content (AvgIpc) is 3.13. The second kappa shape index (κ2) is 11.2. The fourth-order valence-corrected chi connectivity index (χ4v) is 9.17. The minimum atomic E-state index is 0.506. The number of unbranched alkanes of at least 4 members (excludes halogenated alkanes) is 1. The molecule has 7 atom stereocenters. The number of hydrogen-bond donors (Lipinski definition) is 1. The third-order valence-electron chi connectivity index (χ3n) is 11.1. The van der Waals surface area contributed by atoms with Gasteiger partial charge in [-0.2, -0.15) is 0 Å². The first-order valence-corrected chi connectivity index (χ1v) is 14.9. The van der Waals surface area contributed by atoms with Crippen LogP contribution in [0.3, 0.4) is 0 Å². The first-order chi connectivity index (χ1) is 15.9. The van der Waals surface area contributed by atoms with Gasteiger partial charge >= 0.3 is 0 Å². The van der Waals surface area contributed by atoms with Crippen molar-refractivity contribution in [3.63, 3.8) is 0 Å². The zero-order valence-electron chi connectivity index (χ0n) is 22.5. The molecule has 4 rings (SSSR count). The van der Waals surface area contributed by atoms with Gasteiger partial charge in [0.05, 0.1) is 6.61 Å². The number of rotatable bonds is 11. The summed E-state index contributed by atoms with van der Waals surface area (Å²) in [5.74, 6) is 5.70. The van der Waals surface area contributed by atoms with Crippen molar-refractivity contribution in [2.24, 2.45) is 52.1 Å². The highest BCUT2D eigenvalue weighted by Crippen LogP contribution is 2.67. The van der Waals surface area contributed by atoms with Gasteiger partial charge in [0.1, 0.15) is 0 Å². The molecule has 4 aliphatic rings. The Morgan fingerprint density at radius 2 is 1.82 bits per heavy atom. The van der Waals surface area contributed by atoms with Gasteiger partial charge in [-0.3, -0.25) is 0 Å². The summed E-state index contributed by atoms with van der Waals surface area (Å²) < 4.78 is 5.63. The van der Waals surface area contributed by atoms with Crippen molar-refractivity contribution in [1.29, 1.82) is 0 Å². The Hall–Kier alpha value is -0.340. The molecule has 0 radical (unpaired) electrons. The second-order valence-electron chi connectivity index (χ2n) is 13.4. The molecule has 0 aromatic rings. The number of allylic oxidation sites excluding steroid dienone is 2. The Bertz CT molecular complexity index is 655. The molecular formula is C31H55NO. The van der Waals surface area contributed by atoms with Crippen LogP contribution < -0.4 is 5.73 Å². The normalized spacial score (nSPS) is 40.3. The summed E-state index contributed by atoms with van der Waals surface area (Å²) in [5, 5.41) is 0. The van der Waals surface area contributed by atoms with Gasteiger partial charge in [0.2, 0.25) is 0 Å². The summed E-state index contributed by atoms with van der Waals surface area (Å²) in [4.78, 5) is 0. The lowest BCUT2D eigenvalue weighted by Crippen LogP contribution is -2.50. The van der Waals surface area contributed by atoms with Crippen LogP contribution in [0.4, 0.5) is 0 Å². The van der Waals surface area contributed by atoms with Crippen molar-refractivity contribution >= 4 is 0 Å². The molecule has 4 aliphatic carbocycles. The molecule has 190 valence electrons. The van der Waals surface area contributed by atoms with Crippen LogP contribution in [0.25, 0.3) is 0 Å². The van der Waals surface area contributed by atoms with E-state index in [9.17, 15) is 0 Å². The smallest absolute Gasteiger partial charge is 0.0588 e. The Morgan fingerprint density at radius 1 is 0.970 bits per heavy atom. The molecule has 0 amide bonds. The quantitative estimate of drug-likeness (QED) is 0.251. The highest BCUT2D eigenvalue weighted by Gasteiger charge is 2.58. The maximum absolute atomic E-state index is 5.63. The predicted molar refractivity (Wildman–Crippen MR) is 141 cm³/mol. The van der Waals surface area contributed by atoms with E-state index in [2.05, 4.69) is 33.8 Å². The van der Waals surface area contributed by atoms with Crippen molar-refractivity contribution in [1.82, 2.24) is 0 Å². The molecule has 3 saturated carbocycles. The molecule has 0 aromatic heterocycles. The van der Waals surface area contributed by atoms with E-state index in [1.807, 2.05) is 5.57 Å². The SMILES string of the molecule is CC(C)CCCCC1CCC2C3CC=C4CC(CCCOCCN)CCC4(C)C3CCC12C. The van der Waals surface area contributed by atoms with E-state index in [1.54, 1.807) is 0 Å². The van der Waals surface area contributed by atoms with Crippen LogP contribution >= 0.6 is 0 Å². The summed E-state index contributed by atoms with van der Waals surface area (Å²) in [6.45, 7) is 12.4.